The minimum Gasteiger partial charge on any atom is -0.454 e. The number of likely N-dealkylation sites (tertiary alicyclic amines) is 1. The van der Waals surface area contributed by atoms with Gasteiger partial charge >= 0.3 is 0 Å². The Bertz CT molecular complexity index is 515. The molecule has 2 heterocycles. The van der Waals surface area contributed by atoms with E-state index in [1.165, 1.54) is 0 Å². The topological polar surface area (TPSA) is 59.0 Å². The van der Waals surface area contributed by atoms with Gasteiger partial charge in [-0.05, 0) is 49.9 Å². The number of ether oxygens (including phenoxy) is 2. The standard InChI is InChI=1S/C16H21NO4/c18-7-5-12-2-1-6-17(9-12)10-14(19)13-3-4-15-16(8-13)21-11-20-15/h3-4,8,12,18H,1-2,5-7,9-11H2. The van der Waals surface area contributed by atoms with E-state index in [0.717, 1.165) is 32.4 Å². The zero-order valence-corrected chi connectivity index (χ0v) is 12.1. The maximum atomic E-state index is 12.4. The van der Waals surface area contributed by atoms with Crippen LogP contribution in [0.3, 0.4) is 0 Å². The highest BCUT2D eigenvalue weighted by atomic mass is 16.7. The molecule has 0 saturated carbocycles. The van der Waals surface area contributed by atoms with Crippen LogP contribution in [0.2, 0.25) is 0 Å². The van der Waals surface area contributed by atoms with E-state index in [1.807, 2.05) is 0 Å². The Morgan fingerprint density at radius 3 is 3.05 bits per heavy atom. The molecule has 0 radical (unpaired) electrons. The minimum atomic E-state index is 0.109. The molecule has 0 bridgehead atoms. The number of fused-ring (bicyclic) bond motifs is 1. The minimum absolute atomic E-state index is 0.109. The Balaban J connectivity index is 1.60. The van der Waals surface area contributed by atoms with Crippen LogP contribution in [-0.4, -0.2) is 48.8 Å². The summed E-state index contributed by atoms with van der Waals surface area (Å²) in [6.45, 7) is 2.74. The molecule has 2 aliphatic rings. The second-order valence-electron chi connectivity index (χ2n) is 5.75. The predicted molar refractivity (Wildman–Crippen MR) is 77.8 cm³/mol. The van der Waals surface area contributed by atoms with Crippen molar-refractivity contribution in [3.05, 3.63) is 23.8 Å². The zero-order valence-electron chi connectivity index (χ0n) is 12.1. The van der Waals surface area contributed by atoms with Crippen molar-refractivity contribution in [2.75, 3.05) is 33.0 Å². The Morgan fingerprint density at radius 1 is 1.33 bits per heavy atom. The van der Waals surface area contributed by atoms with E-state index < -0.39 is 0 Å². The van der Waals surface area contributed by atoms with Crippen molar-refractivity contribution < 1.29 is 19.4 Å². The lowest BCUT2D eigenvalue weighted by Crippen LogP contribution is -2.39. The lowest BCUT2D eigenvalue weighted by molar-refractivity contribution is 0.0871. The van der Waals surface area contributed by atoms with E-state index in [9.17, 15) is 4.79 Å². The van der Waals surface area contributed by atoms with Gasteiger partial charge < -0.3 is 14.6 Å². The maximum absolute atomic E-state index is 12.4. The summed E-state index contributed by atoms with van der Waals surface area (Å²) in [5.74, 6) is 1.97. The highest BCUT2D eigenvalue weighted by Gasteiger charge is 2.22. The average Bonchev–Trinajstić information content (AvgIpc) is 2.95. The molecule has 1 atom stereocenters. The van der Waals surface area contributed by atoms with Gasteiger partial charge in [-0.1, -0.05) is 0 Å². The van der Waals surface area contributed by atoms with Crippen molar-refractivity contribution in [1.29, 1.82) is 0 Å². The highest BCUT2D eigenvalue weighted by molar-refractivity contribution is 5.98. The molecule has 2 aliphatic heterocycles. The van der Waals surface area contributed by atoms with Crippen LogP contribution < -0.4 is 9.47 Å². The molecule has 5 nitrogen and oxygen atoms in total. The third-order valence-corrected chi connectivity index (χ3v) is 4.20. The first-order valence-electron chi connectivity index (χ1n) is 7.52. The van der Waals surface area contributed by atoms with Gasteiger partial charge in [0.2, 0.25) is 6.79 Å². The SMILES string of the molecule is O=C(CN1CCCC(CCO)C1)c1ccc2c(c1)OCO2. The summed E-state index contributed by atoms with van der Waals surface area (Å²) in [6.07, 6.45) is 3.07. The Kier molecular flexibility index (Phi) is 4.41. The molecule has 1 aromatic rings. The van der Waals surface area contributed by atoms with Gasteiger partial charge in [-0.2, -0.15) is 0 Å². The number of hydrogen-bond acceptors (Lipinski definition) is 5. The van der Waals surface area contributed by atoms with Crippen LogP contribution >= 0.6 is 0 Å². The van der Waals surface area contributed by atoms with Crippen molar-refractivity contribution in [3.8, 4) is 11.5 Å². The fourth-order valence-corrected chi connectivity index (χ4v) is 3.08. The van der Waals surface area contributed by atoms with Crippen molar-refractivity contribution in [1.82, 2.24) is 4.90 Å². The molecule has 1 unspecified atom stereocenters. The molecule has 1 N–H and O–H groups in total. The molecule has 0 amide bonds. The third kappa shape index (κ3) is 3.36. The van der Waals surface area contributed by atoms with Crippen LogP contribution in [0.25, 0.3) is 0 Å². The van der Waals surface area contributed by atoms with Crippen molar-refractivity contribution in [3.63, 3.8) is 0 Å². The maximum Gasteiger partial charge on any atom is 0.231 e. The van der Waals surface area contributed by atoms with E-state index in [-0.39, 0.29) is 19.2 Å². The molecule has 0 aromatic heterocycles. The van der Waals surface area contributed by atoms with E-state index >= 15 is 0 Å². The summed E-state index contributed by atoms with van der Waals surface area (Å²) < 4.78 is 10.6. The molecule has 114 valence electrons. The molecule has 5 heteroatoms. The van der Waals surface area contributed by atoms with Gasteiger partial charge in [0.1, 0.15) is 0 Å². The first kappa shape index (κ1) is 14.4. The molecule has 1 saturated heterocycles. The number of hydrogen-bond donors (Lipinski definition) is 1. The van der Waals surface area contributed by atoms with Crippen molar-refractivity contribution >= 4 is 5.78 Å². The largest absolute Gasteiger partial charge is 0.454 e. The molecule has 1 fully saturated rings. The van der Waals surface area contributed by atoms with E-state index in [2.05, 4.69) is 4.90 Å². The number of Topliss-reactive ketones (excluding diaryl/α,β-unsaturated/α-hetero) is 1. The second kappa shape index (κ2) is 6.45. The number of aliphatic hydroxyl groups is 1. The van der Waals surface area contributed by atoms with Gasteiger partial charge in [-0.15, -0.1) is 0 Å². The van der Waals surface area contributed by atoms with Gasteiger partial charge in [-0.25, -0.2) is 0 Å². The fourth-order valence-electron chi connectivity index (χ4n) is 3.08. The average molecular weight is 291 g/mol. The predicted octanol–water partition coefficient (Wildman–Crippen LogP) is 1.69. The van der Waals surface area contributed by atoms with Crippen LogP contribution in [0.15, 0.2) is 18.2 Å². The Labute approximate surface area is 124 Å². The lowest BCUT2D eigenvalue weighted by atomic mass is 9.95. The van der Waals surface area contributed by atoms with Crippen LogP contribution in [0, 0.1) is 5.92 Å². The Morgan fingerprint density at radius 2 is 2.19 bits per heavy atom. The van der Waals surface area contributed by atoms with E-state index in [1.54, 1.807) is 18.2 Å². The highest BCUT2D eigenvalue weighted by Crippen LogP contribution is 2.32. The molecule has 1 aromatic carbocycles. The number of ketones is 1. The number of carbonyl (C=O) groups excluding carboxylic acids is 1. The summed E-state index contributed by atoms with van der Waals surface area (Å²) in [7, 11) is 0. The van der Waals surface area contributed by atoms with E-state index in [0.29, 0.717) is 29.5 Å². The Hall–Kier alpha value is -1.59. The van der Waals surface area contributed by atoms with Gasteiger partial charge in [-0.3, -0.25) is 9.69 Å². The van der Waals surface area contributed by atoms with Crippen LogP contribution in [0.1, 0.15) is 29.6 Å². The van der Waals surface area contributed by atoms with Crippen LogP contribution in [0.4, 0.5) is 0 Å². The summed E-state index contributed by atoms with van der Waals surface area (Å²) >= 11 is 0. The summed E-state index contributed by atoms with van der Waals surface area (Å²) in [5.41, 5.74) is 0.670. The van der Waals surface area contributed by atoms with Gasteiger partial charge in [0.25, 0.3) is 0 Å². The van der Waals surface area contributed by atoms with Crippen LogP contribution in [-0.2, 0) is 0 Å². The van der Waals surface area contributed by atoms with Gasteiger partial charge in [0.15, 0.2) is 17.3 Å². The first-order valence-corrected chi connectivity index (χ1v) is 7.52. The normalized spacial score (nSPS) is 21.5. The van der Waals surface area contributed by atoms with Gasteiger partial charge in [0, 0.05) is 18.7 Å². The second-order valence-corrected chi connectivity index (χ2v) is 5.75. The fraction of sp³-hybridized carbons (Fsp3) is 0.562. The zero-order chi connectivity index (χ0) is 14.7. The lowest BCUT2D eigenvalue weighted by Gasteiger charge is -2.31. The molecular formula is C16H21NO4. The number of benzene rings is 1. The summed E-state index contributed by atoms with van der Waals surface area (Å²) in [4.78, 5) is 14.6. The molecule has 3 rings (SSSR count). The smallest absolute Gasteiger partial charge is 0.231 e. The molecule has 0 aliphatic carbocycles. The van der Waals surface area contributed by atoms with Gasteiger partial charge in [0.05, 0.1) is 6.54 Å². The molecule has 21 heavy (non-hydrogen) atoms. The number of nitrogens with zero attached hydrogens (tertiary/aromatic N) is 1. The van der Waals surface area contributed by atoms with Crippen molar-refractivity contribution in [2.24, 2.45) is 5.92 Å². The third-order valence-electron chi connectivity index (χ3n) is 4.20. The quantitative estimate of drug-likeness (QED) is 0.837. The molecular weight excluding hydrogens is 270 g/mol. The molecule has 0 spiro atoms. The van der Waals surface area contributed by atoms with Crippen molar-refractivity contribution in [2.45, 2.75) is 19.3 Å². The van der Waals surface area contributed by atoms with Crippen LogP contribution in [0.5, 0.6) is 11.5 Å². The van der Waals surface area contributed by atoms with E-state index in [4.69, 9.17) is 14.6 Å². The number of piperidine rings is 1. The number of aliphatic hydroxyl groups excluding tert-OH is 1. The monoisotopic (exact) mass is 291 g/mol. The summed E-state index contributed by atoms with van der Waals surface area (Å²) in [6, 6.07) is 5.35. The summed E-state index contributed by atoms with van der Waals surface area (Å²) in [5, 5.41) is 9.04. The first-order chi connectivity index (χ1) is 10.3. The number of carbonyl (C=O) groups is 1. The number of rotatable bonds is 5.